The van der Waals surface area contributed by atoms with Crippen molar-refractivity contribution in [3.63, 3.8) is 0 Å². The van der Waals surface area contributed by atoms with Gasteiger partial charge in [0.25, 0.3) is 5.91 Å². The molecule has 1 aliphatic carbocycles. The maximum absolute atomic E-state index is 13.2. The van der Waals surface area contributed by atoms with Gasteiger partial charge in [-0.05, 0) is 55.1 Å². The van der Waals surface area contributed by atoms with E-state index in [-0.39, 0.29) is 17.9 Å². The number of amides is 4. The minimum absolute atomic E-state index is 0.0430. The Morgan fingerprint density at radius 1 is 1.37 bits per heavy atom. The fraction of sp³-hybridized carbons (Fsp3) is 0.524. The molecule has 4 rings (SSSR count). The summed E-state index contributed by atoms with van der Waals surface area (Å²) in [4.78, 5) is 43.9. The van der Waals surface area contributed by atoms with Crippen LogP contribution in [0.4, 0.5) is 10.5 Å². The molecule has 1 aliphatic heterocycles. The Kier molecular flexibility index (Phi) is 5.30. The first-order chi connectivity index (χ1) is 14.1. The molecule has 1 aromatic heterocycles. The summed E-state index contributed by atoms with van der Waals surface area (Å²) in [6.07, 6.45) is 4.18. The number of nitrogens with one attached hydrogen (secondary N) is 2. The summed E-state index contributed by atoms with van der Waals surface area (Å²) in [5.41, 5.74) is 0.567. The number of aromatic nitrogens is 1. The van der Waals surface area contributed by atoms with Crippen LogP contribution in [0.15, 0.2) is 22.5 Å². The van der Waals surface area contributed by atoms with Gasteiger partial charge in [0.2, 0.25) is 5.91 Å². The number of urea groups is 1. The number of thioether (sulfide) groups is 1. The molecule has 160 valence electrons. The van der Waals surface area contributed by atoms with E-state index < -0.39 is 17.5 Å². The summed E-state index contributed by atoms with van der Waals surface area (Å²) >= 11 is 3.14. The molecule has 1 saturated carbocycles. The van der Waals surface area contributed by atoms with Crippen molar-refractivity contribution in [2.24, 2.45) is 11.3 Å². The molecule has 2 fully saturated rings. The maximum atomic E-state index is 13.2. The van der Waals surface area contributed by atoms with E-state index in [1.807, 2.05) is 18.4 Å². The van der Waals surface area contributed by atoms with Crippen molar-refractivity contribution in [3.8, 4) is 0 Å². The monoisotopic (exact) mass is 446 g/mol. The predicted molar refractivity (Wildman–Crippen MR) is 120 cm³/mol. The summed E-state index contributed by atoms with van der Waals surface area (Å²) in [5, 5.41) is 5.71. The van der Waals surface area contributed by atoms with Gasteiger partial charge in [-0.15, -0.1) is 11.3 Å². The van der Waals surface area contributed by atoms with Gasteiger partial charge in [-0.2, -0.15) is 0 Å². The van der Waals surface area contributed by atoms with Crippen molar-refractivity contribution in [3.05, 3.63) is 18.2 Å². The number of hydrogen-bond donors (Lipinski definition) is 2. The molecule has 30 heavy (non-hydrogen) atoms. The molecular formula is C21H26N4O3S2. The summed E-state index contributed by atoms with van der Waals surface area (Å²) in [5.74, 6) is -0.360. The van der Waals surface area contributed by atoms with Crippen molar-refractivity contribution < 1.29 is 14.4 Å². The Balaban J connectivity index is 1.47. The first kappa shape index (κ1) is 21.1. The largest absolute Gasteiger partial charge is 0.325 e. The van der Waals surface area contributed by atoms with Crippen LogP contribution in [0.25, 0.3) is 10.2 Å². The molecule has 9 heteroatoms. The Labute approximate surface area is 184 Å². The van der Waals surface area contributed by atoms with Crippen LogP contribution >= 0.6 is 23.1 Å². The van der Waals surface area contributed by atoms with Crippen LogP contribution < -0.4 is 10.6 Å². The van der Waals surface area contributed by atoms with E-state index in [1.165, 1.54) is 0 Å². The second kappa shape index (κ2) is 7.53. The van der Waals surface area contributed by atoms with Crippen LogP contribution in [-0.4, -0.2) is 46.1 Å². The quantitative estimate of drug-likeness (QED) is 0.545. The standard InChI is InChI=1S/C21H26N4O3S2/c1-12-8-20(2,3)11-21(9-12)17(27)25(18(28)24-21)10-16(26)22-13-5-6-14-15(7-13)30-19(23-14)29-4/h5-7,12H,8-11H2,1-4H3,(H,22,26)(H,24,28)/t12-,21-/m1/s1. The van der Waals surface area contributed by atoms with Crippen molar-refractivity contribution >= 4 is 56.8 Å². The molecule has 1 saturated heterocycles. The number of rotatable bonds is 4. The molecule has 1 spiro atoms. The fourth-order valence-corrected chi connectivity index (χ4v) is 6.59. The van der Waals surface area contributed by atoms with Gasteiger partial charge in [0.05, 0.1) is 10.2 Å². The second-order valence-corrected chi connectivity index (χ2v) is 11.3. The maximum Gasteiger partial charge on any atom is 0.325 e. The highest BCUT2D eigenvalue weighted by Crippen LogP contribution is 2.46. The van der Waals surface area contributed by atoms with Gasteiger partial charge in [0.1, 0.15) is 12.1 Å². The Morgan fingerprint density at radius 3 is 2.83 bits per heavy atom. The molecule has 2 heterocycles. The summed E-state index contributed by atoms with van der Waals surface area (Å²) in [6.45, 7) is 6.06. The van der Waals surface area contributed by atoms with E-state index in [0.717, 1.165) is 25.9 Å². The number of benzene rings is 1. The number of anilines is 1. The first-order valence-corrected chi connectivity index (χ1v) is 12.0. The van der Waals surface area contributed by atoms with E-state index in [9.17, 15) is 14.4 Å². The van der Waals surface area contributed by atoms with Crippen molar-refractivity contribution in [2.75, 3.05) is 18.1 Å². The zero-order chi connectivity index (χ0) is 21.7. The topological polar surface area (TPSA) is 91.4 Å². The average molecular weight is 447 g/mol. The number of carbonyl (C=O) groups is 3. The van der Waals surface area contributed by atoms with Crippen molar-refractivity contribution in [2.45, 2.75) is 49.9 Å². The molecular weight excluding hydrogens is 420 g/mol. The number of thiazole rings is 1. The van der Waals surface area contributed by atoms with Crippen LogP contribution in [0, 0.1) is 11.3 Å². The minimum atomic E-state index is -0.895. The van der Waals surface area contributed by atoms with Crippen molar-refractivity contribution in [1.29, 1.82) is 0 Å². The molecule has 1 aromatic carbocycles. The molecule has 2 N–H and O–H groups in total. The summed E-state index contributed by atoms with van der Waals surface area (Å²) in [7, 11) is 0. The molecule has 2 aliphatic rings. The van der Waals surface area contributed by atoms with Gasteiger partial charge in [0.15, 0.2) is 4.34 Å². The molecule has 0 radical (unpaired) electrons. The van der Waals surface area contributed by atoms with Gasteiger partial charge < -0.3 is 10.6 Å². The molecule has 0 unspecified atom stereocenters. The zero-order valence-electron chi connectivity index (χ0n) is 17.6. The average Bonchev–Trinajstić information content (AvgIpc) is 3.14. The molecule has 0 bridgehead atoms. The number of nitrogens with zero attached hydrogens (tertiary/aromatic N) is 2. The van der Waals surface area contributed by atoms with Crippen LogP contribution in [0.1, 0.15) is 40.0 Å². The Morgan fingerprint density at radius 2 is 2.13 bits per heavy atom. The van der Waals surface area contributed by atoms with Gasteiger partial charge >= 0.3 is 6.03 Å². The van der Waals surface area contributed by atoms with Gasteiger partial charge in [-0.3, -0.25) is 14.5 Å². The van der Waals surface area contributed by atoms with E-state index in [4.69, 9.17) is 0 Å². The van der Waals surface area contributed by atoms with Crippen LogP contribution in [-0.2, 0) is 9.59 Å². The molecule has 2 atom stereocenters. The van der Waals surface area contributed by atoms with E-state index in [1.54, 1.807) is 29.2 Å². The lowest BCUT2D eigenvalue weighted by Gasteiger charge is -2.43. The highest BCUT2D eigenvalue weighted by atomic mass is 32.2. The van der Waals surface area contributed by atoms with Gasteiger partial charge in [0, 0.05) is 5.69 Å². The van der Waals surface area contributed by atoms with Gasteiger partial charge in [-0.1, -0.05) is 32.5 Å². The SMILES string of the molecule is CSc1nc2ccc(NC(=O)CN3C(=O)N[C@@]4(C[C@H](C)CC(C)(C)C4)C3=O)cc2s1. The summed E-state index contributed by atoms with van der Waals surface area (Å²) < 4.78 is 1.94. The van der Waals surface area contributed by atoms with E-state index in [0.29, 0.717) is 24.4 Å². The third-order valence-corrected chi connectivity index (χ3v) is 7.76. The second-order valence-electron chi connectivity index (χ2n) is 9.17. The minimum Gasteiger partial charge on any atom is -0.324 e. The molecule has 2 aromatic rings. The lowest BCUT2D eigenvalue weighted by Crippen LogP contribution is -2.54. The number of imide groups is 1. The van der Waals surface area contributed by atoms with Crippen LogP contribution in [0.2, 0.25) is 0 Å². The number of hydrogen-bond acceptors (Lipinski definition) is 6. The number of carbonyl (C=O) groups excluding carboxylic acids is 3. The van der Waals surface area contributed by atoms with Gasteiger partial charge in [-0.25, -0.2) is 9.78 Å². The smallest absolute Gasteiger partial charge is 0.324 e. The van der Waals surface area contributed by atoms with Crippen LogP contribution in [0.5, 0.6) is 0 Å². The fourth-order valence-electron chi connectivity index (χ4n) is 5.06. The lowest BCUT2D eigenvalue weighted by molar-refractivity contribution is -0.136. The van der Waals surface area contributed by atoms with E-state index in [2.05, 4.69) is 36.4 Å². The van der Waals surface area contributed by atoms with Crippen molar-refractivity contribution in [1.82, 2.24) is 15.2 Å². The van der Waals surface area contributed by atoms with Crippen LogP contribution in [0.3, 0.4) is 0 Å². The lowest BCUT2D eigenvalue weighted by atomic mass is 9.64. The highest BCUT2D eigenvalue weighted by molar-refractivity contribution is 8.00. The van der Waals surface area contributed by atoms with E-state index >= 15 is 0 Å². The highest BCUT2D eigenvalue weighted by Gasteiger charge is 2.56. The normalized spacial score (nSPS) is 25.7. The predicted octanol–water partition coefficient (Wildman–Crippen LogP) is 4.09. The molecule has 4 amide bonds. The zero-order valence-corrected chi connectivity index (χ0v) is 19.2. The summed E-state index contributed by atoms with van der Waals surface area (Å²) in [6, 6.07) is 5.02. The third kappa shape index (κ3) is 3.92. The Bertz CT molecular complexity index is 1030. The third-order valence-electron chi connectivity index (χ3n) is 5.75. The Hall–Kier alpha value is -2.13. The molecule has 7 nitrogen and oxygen atoms in total. The number of fused-ring (bicyclic) bond motifs is 1. The first-order valence-electron chi connectivity index (χ1n) is 9.99.